The number of nitrogens with one attached hydrogen (secondary N) is 3. The summed E-state index contributed by atoms with van der Waals surface area (Å²) in [6.07, 6.45) is 3.44. The lowest BCUT2D eigenvalue weighted by Crippen LogP contribution is -2.42. The molecule has 1 aliphatic heterocycles. The van der Waals surface area contributed by atoms with Crippen molar-refractivity contribution in [1.82, 2.24) is 10.9 Å². The molecule has 1 heterocycles. The Morgan fingerprint density at radius 3 is 2.50 bits per heavy atom. The average Bonchev–Trinajstić information content (AvgIpc) is 3.21. The third kappa shape index (κ3) is 3.13. The van der Waals surface area contributed by atoms with Crippen molar-refractivity contribution in [3.63, 3.8) is 0 Å². The number of hydrogen-bond acceptors (Lipinski definition) is 4. The molecule has 0 aromatic heterocycles. The molecule has 124 valence electrons. The van der Waals surface area contributed by atoms with Crippen LogP contribution in [0.15, 0.2) is 54.6 Å². The fourth-order valence-electron chi connectivity index (χ4n) is 3.58. The van der Waals surface area contributed by atoms with E-state index >= 15 is 0 Å². The number of ether oxygens (including phenoxy) is 1. The Morgan fingerprint density at radius 2 is 1.71 bits per heavy atom. The first-order chi connectivity index (χ1) is 11.8. The third-order valence-electron chi connectivity index (χ3n) is 4.81. The first-order valence-corrected chi connectivity index (χ1v) is 8.44. The van der Waals surface area contributed by atoms with E-state index in [0.29, 0.717) is 12.0 Å². The maximum Gasteiger partial charge on any atom is 0.243 e. The minimum atomic E-state index is -0.155. The van der Waals surface area contributed by atoms with Crippen molar-refractivity contribution in [3.8, 4) is 11.5 Å². The second-order valence-corrected chi connectivity index (χ2v) is 6.40. The van der Waals surface area contributed by atoms with Crippen LogP contribution >= 0.6 is 0 Å². The van der Waals surface area contributed by atoms with Gasteiger partial charge in [-0.1, -0.05) is 24.6 Å². The molecule has 3 atom stereocenters. The van der Waals surface area contributed by atoms with Gasteiger partial charge in [-0.25, -0.2) is 5.43 Å². The van der Waals surface area contributed by atoms with E-state index in [4.69, 9.17) is 4.74 Å². The van der Waals surface area contributed by atoms with Gasteiger partial charge in [-0.3, -0.25) is 10.2 Å². The SMILES string of the molecule is O=C(Nc1ccc(Oc2ccccc2)cc1)C1NNC2CCCC21. The molecule has 5 heteroatoms. The van der Waals surface area contributed by atoms with E-state index in [2.05, 4.69) is 16.2 Å². The Balaban J connectivity index is 1.37. The zero-order valence-electron chi connectivity index (χ0n) is 13.4. The molecule has 0 bridgehead atoms. The number of carbonyl (C=O) groups excluding carboxylic acids is 1. The van der Waals surface area contributed by atoms with Crippen LogP contribution in [0, 0.1) is 5.92 Å². The zero-order valence-corrected chi connectivity index (χ0v) is 13.4. The van der Waals surface area contributed by atoms with Crippen molar-refractivity contribution in [2.24, 2.45) is 5.92 Å². The van der Waals surface area contributed by atoms with Gasteiger partial charge in [-0.15, -0.1) is 0 Å². The van der Waals surface area contributed by atoms with Crippen LogP contribution < -0.4 is 20.9 Å². The Hall–Kier alpha value is -2.37. The number of hydrazine groups is 1. The van der Waals surface area contributed by atoms with Gasteiger partial charge in [0.15, 0.2) is 0 Å². The number of hydrogen-bond donors (Lipinski definition) is 3. The van der Waals surface area contributed by atoms with Crippen LogP contribution in [-0.4, -0.2) is 18.0 Å². The van der Waals surface area contributed by atoms with Gasteiger partial charge < -0.3 is 10.1 Å². The highest BCUT2D eigenvalue weighted by Gasteiger charge is 2.42. The van der Waals surface area contributed by atoms with Crippen LogP contribution in [0.3, 0.4) is 0 Å². The highest BCUT2D eigenvalue weighted by molar-refractivity contribution is 5.95. The maximum absolute atomic E-state index is 12.5. The normalized spacial score (nSPS) is 25.2. The molecule has 2 aromatic rings. The van der Waals surface area contributed by atoms with Crippen LogP contribution in [-0.2, 0) is 4.79 Å². The summed E-state index contributed by atoms with van der Waals surface area (Å²) < 4.78 is 5.76. The maximum atomic E-state index is 12.5. The first-order valence-electron chi connectivity index (χ1n) is 8.44. The molecule has 4 rings (SSSR count). The first kappa shape index (κ1) is 15.2. The Bertz CT molecular complexity index is 702. The summed E-state index contributed by atoms with van der Waals surface area (Å²) in [7, 11) is 0. The summed E-state index contributed by atoms with van der Waals surface area (Å²) in [6.45, 7) is 0. The Morgan fingerprint density at radius 1 is 0.958 bits per heavy atom. The van der Waals surface area contributed by atoms with Gasteiger partial charge in [0, 0.05) is 17.6 Å². The Labute approximate surface area is 141 Å². The van der Waals surface area contributed by atoms with Crippen LogP contribution in [0.1, 0.15) is 19.3 Å². The summed E-state index contributed by atoms with van der Waals surface area (Å²) >= 11 is 0. The molecule has 5 nitrogen and oxygen atoms in total. The molecule has 0 spiro atoms. The van der Waals surface area contributed by atoms with Gasteiger partial charge in [0.2, 0.25) is 5.91 Å². The van der Waals surface area contributed by atoms with Gasteiger partial charge in [-0.05, 0) is 49.2 Å². The topological polar surface area (TPSA) is 62.4 Å². The second kappa shape index (κ2) is 6.63. The average molecular weight is 323 g/mol. The summed E-state index contributed by atoms with van der Waals surface area (Å²) in [5.74, 6) is 1.96. The van der Waals surface area contributed by atoms with E-state index in [9.17, 15) is 4.79 Å². The van der Waals surface area contributed by atoms with Crippen molar-refractivity contribution < 1.29 is 9.53 Å². The number of rotatable bonds is 4. The summed E-state index contributed by atoms with van der Waals surface area (Å²) in [6, 6.07) is 17.4. The lowest BCUT2D eigenvalue weighted by Gasteiger charge is -2.16. The molecule has 2 aromatic carbocycles. The fraction of sp³-hybridized carbons (Fsp3) is 0.316. The summed E-state index contributed by atoms with van der Waals surface area (Å²) in [4.78, 5) is 12.5. The smallest absolute Gasteiger partial charge is 0.243 e. The highest BCUT2D eigenvalue weighted by Crippen LogP contribution is 2.32. The predicted molar refractivity (Wildman–Crippen MR) is 92.8 cm³/mol. The molecule has 1 saturated heterocycles. The van der Waals surface area contributed by atoms with Crippen molar-refractivity contribution >= 4 is 11.6 Å². The largest absolute Gasteiger partial charge is 0.457 e. The monoisotopic (exact) mass is 323 g/mol. The van der Waals surface area contributed by atoms with E-state index in [-0.39, 0.29) is 11.9 Å². The lowest BCUT2D eigenvalue weighted by atomic mass is 9.96. The number of para-hydroxylation sites is 1. The molecular formula is C19H21N3O2. The van der Waals surface area contributed by atoms with Gasteiger partial charge in [0.05, 0.1) is 0 Å². The molecule has 3 N–H and O–H groups in total. The van der Waals surface area contributed by atoms with Crippen LogP contribution in [0.2, 0.25) is 0 Å². The van der Waals surface area contributed by atoms with Gasteiger partial charge in [-0.2, -0.15) is 0 Å². The molecular weight excluding hydrogens is 302 g/mol. The lowest BCUT2D eigenvalue weighted by molar-refractivity contribution is -0.118. The molecule has 3 unspecified atom stereocenters. The van der Waals surface area contributed by atoms with Crippen molar-refractivity contribution in [1.29, 1.82) is 0 Å². The molecule has 1 aliphatic carbocycles. The van der Waals surface area contributed by atoms with Gasteiger partial charge >= 0.3 is 0 Å². The second-order valence-electron chi connectivity index (χ2n) is 6.40. The number of carbonyl (C=O) groups is 1. The van der Waals surface area contributed by atoms with E-state index in [1.54, 1.807) is 0 Å². The molecule has 0 radical (unpaired) electrons. The minimum absolute atomic E-state index is 0.0219. The quantitative estimate of drug-likeness (QED) is 0.809. The van der Waals surface area contributed by atoms with Crippen molar-refractivity contribution in [2.75, 3.05) is 5.32 Å². The molecule has 1 saturated carbocycles. The van der Waals surface area contributed by atoms with Gasteiger partial charge in [0.1, 0.15) is 17.5 Å². The number of amides is 1. The van der Waals surface area contributed by atoms with E-state index < -0.39 is 0 Å². The highest BCUT2D eigenvalue weighted by atomic mass is 16.5. The molecule has 1 amide bonds. The van der Waals surface area contributed by atoms with Crippen LogP contribution in [0.25, 0.3) is 0 Å². The zero-order chi connectivity index (χ0) is 16.4. The number of fused-ring (bicyclic) bond motifs is 1. The third-order valence-corrected chi connectivity index (χ3v) is 4.81. The van der Waals surface area contributed by atoms with Crippen molar-refractivity contribution in [2.45, 2.75) is 31.3 Å². The van der Waals surface area contributed by atoms with Crippen molar-refractivity contribution in [3.05, 3.63) is 54.6 Å². The van der Waals surface area contributed by atoms with E-state index in [1.807, 2.05) is 54.6 Å². The summed E-state index contributed by atoms with van der Waals surface area (Å²) in [5.41, 5.74) is 7.16. The van der Waals surface area contributed by atoms with E-state index in [1.165, 1.54) is 6.42 Å². The fourth-order valence-corrected chi connectivity index (χ4v) is 3.58. The van der Waals surface area contributed by atoms with Crippen LogP contribution in [0.5, 0.6) is 11.5 Å². The minimum Gasteiger partial charge on any atom is -0.457 e. The Kier molecular flexibility index (Phi) is 4.19. The molecule has 24 heavy (non-hydrogen) atoms. The van der Waals surface area contributed by atoms with Gasteiger partial charge in [0.25, 0.3) is 0 Å². The van der Waals surface area contributed by atoms with E-state index in [0.717, 1.165) is 30.0 Å². The standard InChI is InChI=1S/C19H21N3O2/c23-19(18-16-7-4-8-17(16)21-22-18)20-13-9-11-15(12-10-13)24-14-5-2-1-3-6-14/h1-3,5-6,9-12,16-18,21-22H,4,7-8H2,(H,20,23). The summed E-state index contributed by atoms with van der Waals surface area (Å²) in [5, 5.41) is 2.99. The molecule has 2 fully saturated rings. The number of anilines is 1. The van der Waals surface area contributed by atoms with Crippen LogP contribution in [0.4, 0.5) is 5.69 Å². The number of benzene rings is 2. The predicted octanol–water partition coefficient (Wildman–Crippen LogP) is 3.06. The molecule has 2 aliphatic rings.